The number of hydrogen-bond donors (Lipinski definition) is 1. The van der Waals surface area contributed by atoms with Gasteiger partial charge in [-0.05, 0) is 22.3 Å². The number of methoxy groups -OCH3 is 2. The van der Waals surface area contributed by atoms with E-state index in [9.17, 15) is 5.11 Å². The van der Waals surface area contributed by atoms with Crippen LogP contribution in [0.15, 0.2) is 133 Å². The molecular formula is C42H44O8. The van der Waals surface area contributed by atoms with E-state index in [1.54, 1.807) is 26.4 Å². The summed E-state index contributed by atoms with van der Waals surface area (Å²) in [5.74, 6) is 0.799. The van der Waals surface area contributed by atoms with Crippen molar-refractivity contribution in [2.45, 2.75) is 56.9 Å². The average Bonchev–Trinajstić information content (AvgIpc) is 3.17. The third-order valence-corrected chi connectivity index (χ3v) is 8.72. The fourth-order valence-electron chi connectivity index (χ4n) is 6.18. The van der Waals surface area contributed by atoms with Gasteiger partial charge in [-0.15, -0.1) is 0 Å². The summed E-state index contributed by atoms with van der Waals surface area (Å²) in [5, 5.41) is 11.5. The number of aromatic hydroxyl groups is 1. The van der Waals surface area contributed by atoms with Gasteiger partial charge in [-0.2, -0.15) is 0 Å². The number of hydrogen-bond acceptors (Lipinski definition) is 8. The van der Waals surface area contributed by atoms with Gasteiger partial charge in [-0.25, -0.2) is 0 Å². The molecular weight excluding hydrogens is 632 g/mol. The Bertz CT molecular complexity index is 1720. The van der Waals surface area contributed by atoms with Crippen molar-refractivity contribution >= 4 is 0 Å². The highest BCUT2D eigenvalue weighted by molar-refractivity contribution is 5.52. The number of ether oxygens (including phenoxy) is 7. The molecule has 0 aliphatic carbocycles. The second-order valence-corrected chi connectivity index (χ2v) is 12.1. The van der Waals surface area contributed by atoms with Crippen LogP contribution in [-0.2, 0) is 50.1 Å². The molecule has 5 atom stereocenters. The highest BCUT2D eigenvalue weighted by Crippen LogP contribution is 2.46. The molecule has 5 aromatic rings. The maximum Gasteiger partial charge on any atom is 0.132 e. The van der Waals surface area contributed by atoms with E-state index < -0.39 is 30.5 Å². The molecule has 5 aromatic carbocycles. The smallest absolute Gasteiger partial charge is 0.132 e. The summed E-state index contributed by atoms with van der Waals surface area (Å²) in [6.45, 7) is 1.48. The van der Waals surface area contributed by atoms with E-state index in [1.165, 1.54) is 0 Å². The van der Waals surface area contributed by atoms with Crippen molar-refractivity contribution in [2.75, 3.05) is 20.8 Å². The number of phenols is 1. The molecule has 0 spiro atoms. The van der Waals surface area contributed by atoms with Gasteiger partial charge >= 0.3 is 0 Å². The molecule has 50 heavy (non-hydrogen) atoms. The first-order valence-corrected chi connectivity index (χ1v) is 16.8. The van der Waals surface area contributed by atoms with E-state index in [0.717, 1.165) is 22.3 Å². The number of benzene rings is 5. The van der Waals surface area contributed by atoms with Crippen LogP contribution in [0.4, 0.5) is 0 Å². The summed E-state index contributed by atoms with van der Waals surface area (Å²) in [6.07, 6.45) is -3.45. The maximum absolute atomic E-state index is 11.5. The second-order valence-electron chi connectivity index (χ2n) is 12.1. The summed E-state index contributed by atoms with van der Waals surface area (Å²) >= 11 is 0. The predicted octanol–water partition coefficient (Wildman–Crippen LogP) is 7.82. The van der Waals surface area contributed by atoms with Crippen molar-refractivity contribution in [1.29, 1.82) is 0 Å². The molecule has 8 nitrogen and oxygen atoms in total. The SMILES string of the molecule is COc1cc(O)c([C@@H]2O[C@H](COCc3ccccc3)[C@H](OCc3ccccc3)[C@H](OCc3ccccc3)[C@H]2OCc2ccccc2)c(OC)c1. The zero-order valence-corrected chi connectivity index (χ0v) is 28.4. The second kappa shape index (κ2) is 17.8. The first kappa shape index (κ1) is 35.1. The topological polar surface area (TPSA) is 84.8 Å². The Morgan fingerprint density at radius 2 is 1.00 bits per heavy atom. The van der Waals surface area contributed by atoms with Crippen LogP contribution in [0.1, 0.15) is 33.9 Å². The largest absolute Gasteiger partial charge is 0.507 e. The molecule has 1 heterocycles. The van der Waals surface area contributed by atoms with Crippen LogP contribution >= 0.6 is 0 Å². The standard InChI is InChI=1S/C42H44O8/c1-44-34-23-35(43)38(36(24-34)45-2)40-42(49-28-33-21-13-6-14-22-33)41(48-27-32-19-11-5-12-20-32)39(47-26-31-17-9-4-10-18-31)37(50-40)29-46-25-30-15-7-3-8-16-30/h3-24,37,39-43H,25-29H2,1-2H3/t37-,39+,40+,41+,42+/m1/s1. The minimum atomic E-state index is -0.831. The Morgan fingerprint density at radius 3 is 1.48 bits per heavy atom. The summed E-state index contributed by atoms with van der Waals surface area (Å²) in [5.41, 5.74) is 4.46. The molecule has 260 valence electrons. The Morgan fingerprint density at radius 1 is 0.540 bits per heavy atom. The Balaban J connectivity index is 1.40. The highest BCUT2D eigenvalue weighted by Gasteiger charge is 2.50. The lowest BCUT2D eigenvalue weighted by Gasteiger charge is -2.46. The van der Waals surface area contributed by atoms with Crippen molar-refractivity contribution < 1.29 is 38.3 Å². The molecule has 0 saturated carbocycles. The van der Waals surface area contributed by atoms with Crippen LogP contribution in [0, 0.1) is 0 Å². The average molecular weight is 677 g/mol. The fourth-order valence-corrected chi connectivity index (χ4v) is 6.18. The van der Waals surface area contributed by atoms with Gasteiger partial charge in [-0.3, -0.25) is 0 Å². The lowest BCUT2D eigenvalue weighted by Crippen LogP contribution is -2.58. The van der Waals surface area contributed by atoms with Crippen molar-refractivity contribution in [3.8, 4) is 17.2 Å². The van der Waals surface area contributed by atoms with E-state index in [1.807, 2.05) is 121 Å². The van der Waals surface area contributed by atoms with Gasteiger partial charge in [0.05, 0.1) is 52.8 Å². The lowest BCUT2D eigenvalue weighted by molar-refractivity contribution is -0.275. The lowest BCUT2D eigenvalue weighted by atomic mass is 9.89. The van der Waals surface area contributed by atoms with Gasteiger partial charge < -0.3 is 38.3 Å². The van der Waals surface area contributed by atoms with Crippen molar-refractivity contribution in [3.63, 3.8) is 0 Å². The van der Waals surface area contributed by atoms with Gasteiger partial charge in [0.1, 0.15) is 47.8 Å². The van der Waals surface area contributed by atoms with Gasteiger partial charge in [0.2, 0.25) is 0 Å². The molecule has 1 aliphatic heterocycles. The van der Waals surface area contributed by atoms with Crippen molar-refractivity contribution in [2.24, 2.45) is 0 Å². The van der Waals surface area contributed by atoms with Crippen LogP contribution in [-0.4, -0.2) is 50.3 Å². The predicted molar refractivity (Wildman–Crippen MR) is 190 cm³/mol. The number of phenolic OH excluding ortho intramolecular Hbond substituents is 1. The summed E-state index contributed by atoms with van der Waals surface area (Å²) in [6, 6.07) is 43.2. The zero-order valence-electron chi connectivity index (χ0n) is 28.4. The minimum absolute atomic E-state index is 0.0473. The molecule has 1 fully saturated rings. The quantitative estimate of drug-likeness (QED) is 0.113. The van der Waals surface area contributed by atoms with Crippen LogP contribution in [0.25, 0.3) is 0 Å². The van der Waals surface area contributed by atoms with E-state index in [4.69, 9.17) is 33.2 Å². The molecule has 8 heteroatoms. The normalized spacial score (nSPS) is 20.3. The van der Waals surface area contributed by atoms with E-state index in [0.29, 0.717) is 36.9 Å². The summed E-state index contributed by atoms with van der Waals surface area (Å²) in [4.78, 5) is 0. The van der Waals surface area contributed by atoms with E-state index in [2.05, 4.69) is 0 Å². The van der Waals surface area contributed by atoms with Gasteiger partial charge in [0, 0.05) is 12.1 Å². The molecule has 0 radical (unpaired) electrons. The minimum Gasteiger partial charge on any atom is -0.507 e. The highest BCUT2D eigenvalue weighted by atomic mass is 16.6. The van der Waals surface area contributed by atoms with Crippen LogP contribution in [0.2, 0.25) is 0 Å². The molecule has 0 amide bonds. The summed E-state index contributed by atoms with van der Waals surface area (Å²) < 4.78 is 44.9. The molecule has 0 aromatic heterocycles. The van der Waals surface area contributed by atoms with Crippen LogP contribution in [0.3, 0.4) is 0 Å². The first-order valence-electron chi connectivity index (χ1n) is 16.8. The summed E-state index contributed by atoms with van der Waals surface area (Å²) in [7, 11) is 3.09. The van der Waals surface area contributed by atoms with Crippen LogP contribution in [0.5, 0.6) is 17.2 Å². The Hall–Kier alpha value is -4.70. The Kier molecular flexibility index (Phi) is 12.5. The molecule has 6 rings (SSSR count). The van der Waals surface area contributed by atoms with Gasteiger partial charge in [0.25, 0.3) is 0 Å². The van der Waals surface area contributed by atoms with Crippen LogP contribution < -0.4 is 9.47 Å². The molecule has 0 unspecified atom stereocenters. The molecule has 1 saturated heterocycles. The van der Waals surface area contributed by atoms with Gasteiger partial charge in [0.15, 0.2) is 0 Å². The van der Waals surface area contributed by atoms with Gasteiger partial charge in [-0.1, -0.05) is 121 Å². The first-order chi connectivity index (χ1) is 24.6. The molecule has 1 N–H and O–H groups in total. The Labute approximate surface area is 294 Å². The fraction of sp³-hybridized carbons (Fsp3) is 0.286. The van der Waals surface area contributed by atoms with E-state index >= 15 is 0 Å². The maximum atomic E-state index is 11.5. The monoisotopic (exact) mass is 676 g/mol. The zero-order chi connectivity index (χ0) is 34.5. The van der Waals surface area contributed by atoms with Crippen molar-refractivity contribution in [1.82, 2.24) is 0 Å². The number of rotatable bonds is 16. The third kappa shape index (κ3) is 9.09. The third-order valence-electron chi connectivity index (χ3n) is 8.72. The molecule has 0 bridgehead atoms. The van der Waals surface area contributed by atoms with E-state index in [-0.39, 0.29) is 19.0 Å². The molecule has 1 aliphatic rings. The van der Waals surface area contributed by atoms with Crippen molar-refractivity contribution in [3.05, 3.63) is 161 Å².